The Morgan fingerprint density at radius 3 is 0.596 bits per heavy atom. The fraction of sp³-hybridized carbons (Fsp3) is 0. The summed E-state index contributed by atoms with van der Waals surface area (Å²) in [5.41, 5.74) is 0. The van der Waals surface area contributed by atoms with Crippen molar-refractivity contribution < 1.29 is 30.9 Å². The molecule has 0 amide bonds. The van der Waals surface area contributed by atoms with Crippen LogP contribution in [0.2, 0.25) is 0 Å². The molecular formula is C48H42N2O2P4Pt+2. The van der Waals surface area contributed by atoms with Gasteiger partial charge in [0.05, 0.1) is 0 Å². The van der Waals surface area contributed by atoms with E-state index in [0.717, 1.165) is 42.4 Å². The zero-order valence-electron chi connectivity index (χ0n) is 31.0. The van der Waals surface area contributed by atoms with Gasteiger partial charge in [-0.2, -0.15) is 0 Å². The third-order valence-electron chi connectivity index (χ3n) is 9.10. The second-order valence-electron chi connectivity index (χ2n) is 12.9. The van der Waals surface area contributed by atoms with Gasteiger partial charge >= 0.3 is 21.1 Å². The Kier molecular flexibility index (Phi) is 15.5. The van der Waals surface area contributed by atoms with Crippen LogP contribution in [0.4, 0.5) is 0 Å². The Morgan fingerprint density at radius 1 is 0.263 bits per heavy atom. The van der Waals surface area contributed by atoms with Crippen LogP contribution < -0.4 is 52.2 Å². The van der Waals surface area contributed by atoms with Gasteiger partial charge < -0.3 is 9.79 Å². The molecule has 0 radical (unpaired) electrons. The molecule has 8 aromatic rings. The Morgan fingerprint density at radius 2 is 0.421 bits per heavy atom. The molecule has 284 valence electrons. The summed E-state index contributed by atoms with van der Waals surface area (Å²) in [6.45, 7) is 0. The van der Waals surface area contributed by atoms with E-state index in [0.29, 0.717) is 0 Å². The van der Waals surface area contributed by atoms with Gasteiger partial charge in [0.15, 0.2) is 16.1 Å². The van der Waals surface area contributed by atoms with Crippen molar-refractivity contribution in [2.24, 2.45) is 9.03 Å². The van der Waals surface area contributed by atoms with Crippen molar-refractivity contribution in [3.8, 4) is 0 Å². The van der Waals surface area contributed by atoms with Crippen LogP contribution in [-0.2, 0) is 21.1 Å². The Bertz CT molecular complexity index is 2160. The second kappa shape index (κ2) is 20.9. The molecule has 0 aromatic heterocycles. The largest absolute Gasteiger partial charge is 2.00 e. The van der Waals surface area contributed by atoms with Gasteiger partial charge in [-0.3, -0.25) is 0 Å². The van der Waals surface area contributed by atoms with E-state index in [1.807, 2.05) is 194 Å². The molecule has 0 spiro atoms. The predicted octanol–water partition coefficient (Wildman–Crippen LogP) is 7.79. The fourth-order valence-corrected chi connectivity index (χ4v) is 17.8. The Labute approximate surface area is 353 Å². The molecule has 0 saturated heterocycles. The molecule has 0 atom stereocenters. The van der Waals surface area contributed by atoms with Crippen LogP contribution in [0, 0.1) is 0 Å². The van der Waals surface area contributed by atoms with Crippen molar-refractivity contribution in [2.75, 3.05) is 0 Å². The Balaban J connectivity index is 0.000000189. The average molecular weight is 998 g/mol. The molecule has 8 rings (SSSR count). The van der Waals surface area contributed by atoms with E-state index in [1.165, 1.54) is 0 Å². The number of hydrogen-bond acceptors (Lipinski definition) is 4. The SMILES string of the molecule is [O-]P(=N[PH+](c1ccccc1)c1ccccc1)(c1ccccc1)c1ccccc1.[O-]P(=N[PH+](c1ccccc1)c1ccccc1)(c1ccccc1)c1ccccc1.[Pt+2]. The van der Waals surface area contributed by atoms with Gasteiger partial charge in [-0.05, 0) is 84.3 Å². The van der Waals surface area contributed by atoms with Gasteiger partial charge in [-0.15, -0.1) is 9.03 Å². The second-order valence-corrected chi connectivity index (χ2v) is 22.5. The molecule has 0 aliphatic carbocycles. The van der Waals surface area contributed by atoms with E-state index >= 15 is 0 Å². The smallest absolute Gasteiger partial charge is 0.806 e. The monoisotopic (exact) mass is 997 g/mol. The first-order valence-corrected chi connectivity index (χ1v) is 24.6. The van der Waals surface area contributed by atoms with E-state index in [-0.39, 0.29) is 21.1 Å². The van der Waals surface area contributed by atoms with Gasteiger partial charge in [0.25, 0.3) is 0 Å². The fourth-order valence-electron chi connectivity index (χ4n) is 6.28. The normalized spacial score (nSPS) is 11.2. The van der Waals surface area contributed by atoms with E-state index in [2.05, 4.69) is 48.5 Å². The minimum Gasteiger partial charge on any atom is -0.806 e. The maximum absolute atomic E-state index is 14.4. The molecule has 0 aliphatic rings. The molecule has 0 saturated carbocycles. The molecule has 0 N–H and O–H groups in total. The number of nitrogens with zero attached hydrogens (tertiary/aromatic N) is 2. The van der Waals surface area contributed by atoms with Crippen LogP contribution in [0.1, 0.15) is 0 Å². The number of rotatable bonds is 10. The molecule has 8 aromatic carbocycles. The van der Waals surface area contributed by atoms with Crippen molar-refractivity contribution >= 4 is 73.1 Å². The van der Waals surface area contributed by atoms with Crippen molar-refractivity contribution in [1.29, 1.82) is 0 Å². The molecular weight excluding hydrogens is 956 g/mol. The molecule has 0 heterocycles. The number of benzene rings is 8. The summed E-state index contributed by atoms with van der Waals surface area (Å²) >= 11 is 0. The van der Waals surface area contributed by atoms with Crippen LogP contribution in [0.5, 0.6) is 0 Å². The predicted molar refractivity (Wildman–Crippen MR) is 244 cm³/mol. The topological polar surface area (TPSA) is 70.8 Å². The van der Waals surface area contributed by atoms with Crippen LogP contribution in [0.3, 0.4) is 0 Å². The van der Waals surface area contributed by atoms with Gasteiger partial charge in [0.1, 0.15) is 21.2 Å². The summed E-state index contributed by atoms with van der Waals surface area (Å²) in [4.78, 5) is 28.9. The van der Waals surface area contributed by atoms with Crippen molar-refractivity contribution in [3.05, 3.63) is 243 Å². The van der Waals surface area contributed by atoms with Crippen LogP contribution >= 0.6 is 30.7 Å². The summed E-state index contributed by atoms with van der Waals surface area (Å²) < 4.78 is 10.3. The van der Waals surface area contributed by atoms with Crippen LogP contribution in [0.15, 0.2) is 252 Å². The average Bonchev–Trinajstić information content (AvgIpc) is 3.30. The molecule has 0 fully saturated rings. The first-order chi connectivity index (χ1) is 27.5. The van der Waals surface area contributed by atoms with Gasteiger partial charge in [-0.1, -0.05) is 194 Å². The van der Waals surface area contributed by atoms with E-state index in [1.54, 1.807) is 0 Å². The minimum atomic E-state index is -3.14. The van der Waals surface area contributed by atoms with E-state index < -0.39 is 30.7 Å². The summed E-state index contributed by atoms with van der Waals surface area (Å²) in [7, 11) is -9.46. The standard InChI is InChI=1S/2C24H20NOP2.Pt/c2*26-28(23-17-9-3-10-18-23,24-19-11-4-12-20-24)25-27(21-13-5-1-6-14-21)22-15-7-2-8-16-22;/h2*1-20H;/q2*-1;+2/p+2. The summed E-state index contributed by atoms with van der Waals surface area (Å²) in [5.74, 6) is 0. The van der Waals surface area contributed by atoms with Gasteiger partial charge in [-0.25, -0.2) is 0 Å². The first-order valence-electron chi connectivity index (χ1n) is 18.4. The maximum atomic E-state index is 14.4. The first kappa shape index (κ1) is 42.3. The molecule has 0 unspecified atom stereocenters. The third-order valence-corrected chi connectivity index (χ3v) is 20.5. The number of hydrogen-bond donors (Lipinski definition) is 0. The van der Waals surface area contributed by atoms with Gasteiger partial charge in [0, 0.05) is 0 Å². The third kappa shape index (κ3) is 10.6. The summed E-state index contributed by atoms with van der Waals surface area (Å²) in [6, 6.07) is 79.5. The maximum Gasteiger partial charge on any atom is 2.00 e. The Hall–Kier alpha value is -4.31. The molecule has 0 bridgehead atoms. The molecule has 57 heavy (non-hydrogen) atoms. The van der Waals surface area contributed by atoms with E-state index in [9.17, 15) is 9.79 Å². The molecule has 9 heteroatoms. The van der Waals surface area contributed by atoms with Crippen LogP contribution in [0.25, 0.3) is 0 Å². The minimum absolute atomic E-state index is 0. The summed E-state index contributed by atoms with van der Waals surface area (Å²) in [6.07, 6.45) is 0. The van der Waals surface area contributed by atoms with Crippen molar-refractivity contribution in [2.45, 2.75) is 0 Å². The van der Waals surface area contributed by atoms with Gasteiger partial charge in [0.2, 0.25) is 0 Å². The van der Waals surface area contributed by atoms with Crippen molar-refractivity contribution in [3.63, 3.8) is 0 Å². The summed E-state index contributed by atoms with van der Waals surface area (Å²) in [5, 5.41) is 7.62. The quantitative estimate of drug-likeness (QED) is 0.132. The van der Waals surface area contributed by atoms with Crippen LogP contribution in [-0.4, -0.2) is 0 Å². The molecule has 0 aliphatic heterocycles. The van der Waals surface area contributed by atoms with Crippen molar-refractivity contribution in [1.82, 2.24) is 0 Å². The van der Waals surface area contributed by atoms with E-state index in [4.69, 9.17) is 9.03 Å². The molecule has 4 nitrogen and oxygen atoms in total. The zero-order chi connectivity index (χ0) is 38.5. The zero-order valence-corrected chi connectivity index (χ0v) is 37.1.